The lowest BCUT2D eigenvalue weighted by Gasteiger charge is -2.61. The molecule has 4 rings (SSSR count). The van der Waals surface area contributed by atoms with Crippen LogP contribution in [-0.4, -0.2) is 0 Å². The van der Waals surface area contributed by atoms with Gasteiger partial charge < -0.3 is 0 Å². The molecule has 0 N–H and O–H groups in total. The second kappa shape index (κ2) is 8.50. The fourth-order valence-electron chi connectivity index (χ4n) is 9.54. The average Bonchev–Trinajstić information content (AvgIpc) is 3.09. The van der Waals surface area contributed by atoms with Crippen molar-refractivity contribution in [3.63, 3.8) is 0 Å². The Balaban J connectivity index is 1.43. The highest BCUT2D eigenvalue weighted by Crippen LogP contribution is 2.68. The van der Waals surface area contributed by atoms with Crippen LogP contribution in [0.2, 0.25) is 0 Å². The molecule has 0 aliphatic heterocycles. The average molecular weight is 405 g/mol. The topological polar surface area (TPSA) is 0 Å². The molecule has 10 atom stereocenters. The maximum absolute atomic E-state index is 8.38. The molecule has 4 saturated carbocycles. The van der Waals surface area contributed by atoms with Crippen molar-refractivity contribution in [3.05, 3.63) is 0 Å². The molecule has 0 radical (unpaired) electrons. The molecule has 0 saturated heterocycles. The zero-order valence-corrected chi connectivity index (χ0v) is 20.2. The van der Waals surface area contributed by atoms with Crippen LogP contribution in [0.15, 0.2) is 0 Å². The van der Waals surface area contributed by atoms with Gasteiger partial charge in [0.25, 0.3) is 0 Å². The number of hydrogen-bond acceptors (Lipinski definition) is 0. The minimum absolute atomic E-state index is 0.0257. The summed E-state index contributed by atoms with van der Waals surface area (Å²) in [5.41, 5.74) is 1.10. The van der Waals surface area contributed by atoms with Crippen LogP contribution in [0.25, 0.3) is 0 Å². The summed E-state index contributed by atoms with van der Waals surface area (Å²) in [6.45, 7) is 9.84. The van der Waals surface area contributed by atoms with Crippen LogP contribution in [0.3, 0.4) is 0 Å². The van der Waals surface area contributed by atoms with E-state index in [9.17, 15) is 0 Å². The summed E-state index contributed by atoms with van der Waals surface area (Å²) in [6, 6.07) is 0. The van der Waals surface area contributed by atoms with Gasteiger partial charge in [-0.1, -0.05) is 67.1 Å². The summed E-state index contributed by atoms with van der Waals surface area (Å²) >= 11 is 0. The van der Waals surface area contributed by atoms with Crippen LogP contribution in [-0.2, 0) is 0 Å². The Morgan fingerprint density at radius 3 is 2.41 bits per heavy atom. The molecule has 168 valence electrons. The van der Waals surface area contributed by atoms with Gasteiger partial charge in [-0.2, -0.15) is 0 Å². The predicted molar refractivity (Wildman–Crippen MR) is 127 cm³/mol. The van der Waals surface area contributed by atoms with Gasteiger partial charge in [-0.25, -0.2) is 0 Å². The zero-order valence-electron chi connectivity index (χ0n) is 24.2. The molecule has 0 spiro atoms. The minimum Gasteiger partial charge on any atom is -0.0651 e. The van der Waals surface area contributed by atoms with Gasteiger partial charge in [0, 0.05) is 5.48 Å². The Hall–Kier alpha value is 0. The van der Waals surface area contributed by atoms with Crippen molar-refractivity contribution in [1.82, 2.24) is 0 Å². The molecule has 1 unspecified atom stereocenters. The highest BCUT2D eigenvalue weighted by Gasteiger charge is 2.60. The van der Waals surface area contributed by atoms with Crippen LogP contribution in [0, 0.1) is 58.2 Å². The van der Waals surface area contributed by atoms with Gasteiger partial charge in [0.2, 0.25) is 0 Å². The molecule has 0 aromatic heterocycles. The summed E-state index contributed by atoms with van der Waals surface area (Å²) in [6.07, 6.45) is 15.6. The Bertz CT molecular complexity index is 671. The number of rotatable bonds is 6. The third-order valence-corrected chi connectivity index (χ3v) is 11.4. The largest absolute Gasteiger partial charge is 0.0651 e. The Labute approximate surface area is 189 Å². The lowest BCUT2D eigenvalue weighted by Crippen LogP contribution is -2.53. The molecule has 0 heterocycles. The summed E-state index contributed by atoms with van der Waals surface area (Å²) in [5.74, 6) is 5.49. The van der Waals surface area contributed by atoms with E-state index in [1.807, 2.05) is 0 Å². The van der Waals surface area contributed by atoms with E-state index in [-0.39, 0.29) is 11.8 Å². The van der Waals surface area contributed by atoms with Crippen molar-refractivity contribution in [2.45, 2.75) is 125 Å². The van der Waals surface area contributed by atoms with Gasteiger partial charge in [-0.3, -0.25) is 0 Å². The van der Waals surface area contributed by atoms with Crippen molar-refractivity contribution in [1.29, 1.82) is 0 Å². The summed E-state index contributed by atoms with van der Waals surface area (Å²) in [4.78, 5) is 0. The van der Waals surface area contributed by atoms with E-state index in [1.165, 1.54) is 64.2 Å². The van der Waals surface area contributed by atoms with Crippen molar-refractivity contribution in [3.8, 4) is 0 Å². The smallest absolute Gasteiger partial charge is 0.0267 e. The van der Waals surface area contributed by atoms with Gasteiger partial charge in [-0.05, 0) is 116 Å². The van der Waals surface area contributed by atoms with Crippen LogP contribution >= 0.6 is 0 Å². The van der Waals surface area contributed by atoms with E-state index in [2.05, 4.69) is 34.6 Å². The predicted octanol–water partition coefficient (Wildman–Crippen LogP) is 9.13. The van der Waals surface area contributed by atoms with E-state index in [4.69, 9.17) is 5.48 Å². The lowest BCUT2D eigenvalue weighted by atomic mass is 9.44. The molecule has 29 heavy (non-hydrogen) atoms. The molecule has 0 aromatic carbocycles. The van der Waals surface area contributed by atoms with E-state index < -0.39 is 13.2 Å². The van der Waals surface area contributed by atoms with E-state index >= 15 is 0 Å². The molecule has 0 nitrogen and oxygen atoms in total. The first-order valence-corrected chi connectivity index (χ1v) is 13.3. The maximum atomic E-state index is 8.38. The third kappa shape index (κ3) is 3.75. The second-order valence-corrected chi connectivity index (χ2v) is 12.8. The molecule has 4 aliphatic carbocycles. The van der Waals surface area contributed by atoms with Gasteiger partial charge in [0.1, 0.15) is 0 Å². The van der Waals surface area contributed by atoms with Gasteiger partial charge in [0.05, 0.1) is 0 Å². The second-order valence-electron chi connectivity index (χ2n) is 12.8. The maximum Gasteiger partial charge on any atom is 0.0267 e. The molecule has 0 bridgehead atoms. The highest BCUT2D eigenvalue weighted by molar-refractivity contribution is 5.09. The van der Waals surface area contributed by atoms with Crippen LogP contribution < -0.4 is 0 Å². The van der Waals surface area contributed by atoms with E-state index in [0.717, 1.165) is 42.4 Å². The lowest BCUT2D eigenvalue weighted by molar-refractivity contribution is -0.114. The first-order valence-electron chi connectivity index (χ1n) is 15.4. The van der Waals surface area contributed by atoms with Gasteiger partial charge in [-0.15, -0.1) is 0 Å². The van der Waals surface area contributed by atoms with Crippen molar-refractivity contribution in [2.24, 2.45) is 58.2 Å². The minimum atomic E-state index is -2.16. The monoisotopic (exact) mass is 404 g/mol. The van der Waals surface area contributed by atoms with Crippen molar-refractivity contribution >= 4 is 0 Å². The normalized spacial score (nSPS) is 50.2. The Morgan fingerprint density at radius 2 is 1.66 bits per heavy atom. The Kier molecular flexibility index (Phi) is 5.14. The first-order chi connectivity index (χ1) is 15.4. The van der Waals surface area contributed by atoms with Crippen LogP contribution in [0.5, 0.6) is 0 Å². The van der Waals surface area contributed by atoms with Gasteiger partial charge >= 0.3 is 0 Å². The number of fused-ring (bicyclic) bond motifs is 5. The van der Waals surface area contributed by atoms with Crippen molar-refractivity contribution in [2.75, 3.05) is 0 Å². The zero-order chi connectivity index (χ0) is 24.2. The van der Waals surface area contributed by atoms with Crippen LogP contribution in [0.4, 0.5) is 0 Å². The number of hydrogen-bond donors (Lipinski definition) is 0. The summed E-state index contributed by atoms with van der Waals surface area (Å²) < 4.78 is 31.7. The molecule has 4 aliphatic rings. The fraction of sp³-hybridized carbons (Fsp3) is 1.00. The quantitative estimate of drug-likeness (QED) is 0.414. The van der Waals surface area contributed by atoms with E-state index in [0.29, 0.717) is 16.7 Å². The molecule has 0 heteroatoms. The van der Waals surface area contributed by atoms with Crippen molar-refractivity contribution < 1.29 is 5.48 Å². The first kappa shape index (κ1) is 17.5. The SMILES string of the molecule is [2H]C([C@H](CC[C@@H](C)[C@H]1CC[C@H]2[C@@H]3CC[C@H]4CCCC[C@]4(C)[C@H]3CC[C@]12C)C(C)C)C([2H])([2H])[2H]. The highest BCUT2D eigenvalue weighted by atomic mass is 14.6. The molecular weight excluding hydrogens is 348 g/mol. The summed E-state index contributed by atoms with van der Waals surface area (Å²) in [5, 5.41) is 0. The van der Waals surface area contributed by atoms with E-state index in [1.54, 1.807) is 0 Å². The fourth-order valence-corrected chi connectivity index (χ4v) is 9.54. The third-order valence-electron chi connectivity index (χ3n) is 11.4. The van der Waals surface area contributed by atoms with Gasteiger partial charge in [0.15, 0.2) is 0 Å². The van der Waals surface area contributed by atoms with Crippen LogP contribution in [0.1, 0.15) is 130 Å². The summed E-state index contributed by atoms with van der Waals surface area (Å²) in [7, 11) is 0. The Morgan fingerprint density at radius 1 is 0.862 bits per heavy atom. The molecule has 0 aromatic rings. The molecular formula is C29H52. The standard InChI is InChI=1S/C29H52/c1-7-22(20(2)3)12-11-21(4)25-15-16-26-24-14-13-23-10-8-9-18-28(23,5)27(24)17-19-29(25,26)6/h20-27H,7-19H2,1-6H3/t21-,22-,23-,24+,25-,26+,27+,28+,29-/m1/s1/i1D3,7D/t7?,21-,22-,23-,24+,25-,26+,27+,28+,29-. The molecule has 4 fully saturated rings. The molecule has 0 amide bonds.